The number of sulfonamides is 1. The van der Waals surface area contributed by atoms with Gasteiger partial charge in [0.1, 0.15) is 5.75 Å². The third-order valence-corrected chi connectivity index (χ3v) is 8.37. The van der Waals surface area contributed by atoms with Crippen molar-refractivity contribution in [3.8, 4) is 5.75 Å². The molecule has 1 aliphatic carbocycles. The summed E-state index contributed by atoms with van der Waals surface area (Å²) in [6.07, 6.45) is 5.34. The van der Waals surface area contributed by atoms with Crippen LogP contribution in [0.1, 0.15) is 29.5 Å². The number of ether oxygens (including phenoxy) is 1. The first kappa shape index (κ1) is 20.6. The SMILES string of the molecule is COc1ccccc1C1Nc2ccc(S(=O)(=O)N(C)c3ccccc3)cc2C2C=CCC21. The van der Waals surface area contributed by atoms with E-state index >= 15 is 0 Å². The summed E-state index contributed by atoms with van der Waals surface area (Å²) >= 11 is 0. The van der Waals surface area contributed by atoms with Gasteiger partial charge >= 0.3 is 0 Å². The topological polar surface area (TPSA) is 58.6 Å². The highest BCUT2D eigenvalue weighted by molar-refractivity contribution is 7.92. The smallest absolute Gasteiger partial charge is 0.264 e. The zero-order chi connectivity index (χ0) is 22.3. The first-order chi connectivity index (χ1) is 15.5. The molecule has 0 fully saturated rings. The van der Waals surface area contributed by atoms with Gasteiger partial charge in [0, 0.05) is 24.2 Å². The number of rotatable bonds is 5. The van der Waals surface area contributed by atoms with Crippen LogP contribution in [0.25, 0.3) is 0 Å². The molecule has 3 atom stereocenters. The summed E-state index contributed by atoms with van der Waals surface area (Å²) in [7, 11) is -0.379. The molecule has 0 saturated carbocycles. The van der Waals surface area contributed by atoms with Crippen LogP contribution in [0.3, 0.4) is 0 Å². The number of benzene rings is 3. The average Bonchev–Trinajstić information content (AvgIpc) is 3.33. The third-order valence-electron chi connectivity index (χ3n) is 6.59. The van der Waals surface area contributed by atoms with Gasteiger partial charge in [-0.1, -0.05) is 48.6 Å². The highest BCUT2D eigenvalue weighted by Gasteiger charge is 2.39. The number of nitrogens with one attached hydrogen (secondary N) is 1. The van der Waals surface area contributed by atoms with E-state index in [4.69, 9.17) is 4.74 Å². The number of para-hydroxylation sites is 2. The molecule has 1 heterocycles. The summed E-state index contributed by atoms with van der Waals surface area (Å²) in [5, 5.41) is 3.67. The second-order valence-corrected chi connectivity index (χ2v) is 10.2. The van der Waals surface area contributed by atoms with Crippen molar-refractivity contribution in [1.82, 2.24) is 0 Å². The lowest BCUT2D eigenvalue weighted by molar-refractivity contribution is 0.381. The molecule has 0 aromatic heterocycles. The maximum Gasteiger partial charge on any atom is 0.264 e. The first-order valence-electron chi connectivity index (χ1n) is 10.7. The predicted molar refractivity (Wildman–Crippen MR) is 128 cm³/mol. The fourth-order valence-corrected chi connectivity index (χ4v) is 6.13. The van der Waals surface area contributed by atoms with Crippen LogP contribution in [0, 0.1) is 5.92 Å². The molecule has 3 aromatic carbocycles. The van der Waals surface area contributed by atoms with Crippen LogP contribution in [0.5, 0.6) is 5.75 Å². The summed E-state index contributed by atoms with van der Waals surface area (Å²) < 4.78 is 33.7. The lowest BCUT2D eigenvalue weighted by Gasteiger charge is -2.38. The summed E-state index contributed by atoms with van der Waals surface area (Å²) in [6.45, 7) is 0. The van der Waals surface area contributed by atoms with Gasteiger partial charge in [-0.25, -0.2) is 8.42 Å². The van der Waals surface area contributed by atoms with Gasteiger partial charge in [-0.05, 0) is 54.3 Å². The highest BCUT2D eigenvalue weighted by atomic mass is 32.2. The average molecular weight is 447 g/mol. The number of hydrogen-bond acceptors (Lipinski definition) is 4. The van der Waals surface area contributed by atoms with Crippen LogP contribution < -0.4 is 14.4 Å². The fraction of sp³-hybridized carbons (Fsp3) is 0.231. The molecule has 0 bridgehead atoms. The van der Waals surface area contributed by atoms with E-state index in [1.54, 1.807) is 32.4 Å². The van der Waals surface area contributed by atoms with Crippen LogP contribution in [-0.4, -0.2) is 22.6 Å². The molecule has 5 rings (SSSR count). The minimum atomic E-state index is -3.67. The molecule has 0 saturated heterocycles. The number of nitrogens with zero attached hydrogens (tertiary/aromatic N) is 1. The molecule has 32 heavy (non-hydrogen) atoms. The van der Waals surface area contributed by atoms with Gasteiger partial charge in [0.25, 0.3) is 10.0 Å². The molecule has 6 heteroatoms. The largest absolute Gasteiger partial charge is 0.496 e. The molecule has 5 nitrogen and oxygen atoms in total. The van der Waals surface area contributed by atoms with E-state index in [9.17, 15) is 8.42 Å². The van der Waals surface area contributed by atoms with E-state index in [2.05, 4.69) is 23.5 Å². The second-order valence-electron chi connectivity index (χ2n) is 8.27. The van der Waals surface area contributed by atoms with Crippen LogP contribution in [0.15, 0.2) is 89.8 Å². The van der Waals surface area contributed by atoms with Crippen LogP contribution in [0.2, 0.25) is 0 Å². The Morgan fingerprint density at radius 1 is 0.969 bits per heavy atom. The summed E-state index contributed by atoms with van der Waals surface area (Å²) in [6, 6.07) is 22.7. The van der Waals surface area contributed by atoms with Crippen molar-refractivity contribution in [3.05, 3.63) is 96.1 Å². The molecule has 3 unspecified atom stereocenters. The Morgan fingerprint density at radius 2 is 1.72 bits per heavy atom. The lowest BCUT2D eigenvalue weighted by Crippen LogP contribution is -2.30. The Labute approximate surface area is 189 Å². The van der Waals surface area contributed by atoms with E-state index < -0.39 is 10.0 Å². The fourth-order valence-electron chi connectivity index (χ4n) is 4.90. The number of anilines is 2. The molecular formula is C26H26N2O3S. The van der Waals surface area contributed by atoms with Crippen molar-refractivity contribution >= 4 is 21.4 Å². The number of methoxy groups -OCH3 is 1. The summed E-state index contributed by atoms with van der Waals surface area (Å²) in [5.74, 6) is 1.31. The third kappa shape index (κ3) is 3.35. The highest BCUT2D eigenvalue weighted by Crippen LogP contribution is 2.51. The Balaban J connectivity index is 1.54. The Bertz CT molecular complexity index is 1270. The van der Waals surface area contributed by atoms with E-state index in [1.165, 1.54) is 4.31 Å². The molecule has 0 amide bonds. The van der Waals surface area contributed by atoms with Gasteiger partial charge in [0.15, 0.2) is 0 Å². The van der Waals surface area contributed by atoms with Crippen LogP contribution in [0.4, 0.5) is 11.4 Å². The molecule has 0 radical (unpaired) electrons. The second kappa shape index (κ2) is 8.02. The first-order valence-corrected chi connectivity index (χ1v) is 12.2. The van der Waals surface area contributed by atoms with Gasteiger partial charge < -0.3 is 10.1 Å². The number of hydrogen-bond donors (Lipinski definition) is 1. The summed E-state index contributed by atoms with van der Waals surface area (Å²) in [5.41, 5.74) is 3.76. The number of fused-ring (bicyclic) bond motifs is 3. The van der Waals surface area contributed by atoms with E-state index in [0.29, 0.717) is 16.5 Å². The molecule has 2 aliphatic rings. The summed E-state index contributed by atoms with van der Waals surface area (Å²) in [4.78, 5) is 0.305. The van der Waals surface area contributed by atoms with Gasteiger partial charge in [-0.15, -0.1) is 0 Å². The molecule has 164 valence electrons. The predicted octanol–water partition coefficient (Wildman–Crippen LogP) is 5.35. The minimum absolute atomic E-state index is 0.0908. The Kier molecular flexibility index (Phi) is 5.18. The van der Waals surface area contributed by atoms with Crippen molar-refractivity contribution in [2.75, 3.05) is 23.8 Å². The quantitative estimate of drug-likeness (QED) is 0.537. The van der Waals surface area contributed by atoms with Crippen molar-refractivity contribution in [2.24, 2.45) is 5.92 Å². The zero-order valence-electron chi connectivity index (χ0n) is 18.1. The van der Waals surface area contributed by atoms with E-state index in [1.807, 2.05) is 48.5 Å². The maximum atomic E-state index is 13.4. The van der Waals surface area contributed by atoms with Crippen molar-refractivity contribution in [2.45, 2.75) is 23.3 Å². The van der Waals surface area contributed by atoms with Gasteiger partial charge in [0.2, 0.25) is 0 Å². The van der Waals surface area contributed by atoms with Gasteiger partial charge in [0.05, 0.1) is 23.7 Å². The standard InChI is InChI=1S/C26H26N2O3S/c1-28(18-9-4-3-5-10-18)32(29,30)19-15-16-24-23(17-19)20-12-8-13-21(20)26(27-24)22-11-6-7-14-25(22)31-2/h3-12,14-17,20-21,26-27H,13H2,1-2H3. The molecule has 1 N–H and O–H groups in total. The molecular weight excluding hydrogens is 420 g/mol. The molecule has 1 aliphatic heterocycles. The van der Waals surface area contributed by atoms with E-state index in [0.717, 1.165) is 29.0 Å². The van der Waals surface area contributed by atoms with Gasteiger partial charge in [-0.2, -0.15) is 0 Å². The van der Waals surface area contributed by atoms with Crippen molar-refractivity contribution in [1.29, 1.82) is 0 Å². The van der Waals surface area contributed by atoms with Crippen LogP contribution in [-0.2, 0) is 10.0 Å². The normalized spacial score (nSPS) is 21.4. The maximum absolute atomic E-state index is 13.4. The van der Waals surface area contributed by atoms with Crippen molar-refractivity contribution in [3.63, 3.8) is 0 Å². The van der Waals surface area contributed by atoms with Crippen LogP contribution >= 0.6 is 0 Å². The van der Waals surface area contributed by atoms with E-state index in [-0.39, 0.29) is 12.0 Å². The monoisotopic (exact) mass is 446 g/mol. The Morgan fingerprint density at radius 3 is 2.50 bits per heavy atom. The van der Waals surface area contributed by atoms with Gasteiger partial charge in [-0.3, -0.25) is 4.31 Å². The van der Waals surface area contributed by atoms with Crippen molar-refractivity contribution < 1.29 is 13.2 Å². The Hall–Kier alpha value is -3.25. The lowest BCUT2D eigenvalue weighted by atomic mass is 9.77. The molecule has 3 aromatic rings. The number of allylic oxidation sites excluding steroid dienone is 2. The molecule has 0 spiro atoms. The zero-order valence-corrected chi connectivity index (χ0v) is 18.9. The minimum Gasteiger partial charge on any atom is -0.496 e.